The van der Waals surface area contributed by atoms with E-state index in [-0.39, 0.29) is 17.2 Å². The minimum Gasteiger partial charge on any atom is -0.483 e. The van der Waals surface area contributed by atoms with Crippen LogP contribution in [0.3, 0.4) is 0 Å². The van der Waals surface area contributed by atoms with Gasteiger partial charge >= 0.3 is 0 Å². The van der Waals surface area contributed by atoms with Crippen LogP contribution in [0.25, 0.3) is 10.8 Å². The summed E-state index contributed by atoms with van der Waals surface area (Å²) in [6.45, 7) is -0.212. The van der Waals surface area contributed by atoms with Gasteiger partial charge in [0, 0.05) is 10.9 Å². The van der Waals surface area contributed by atoms with Crippen molar-refractivity contribution in [3.63, 3.8) is 0 Å². The Labute approximate surface area is 148 Å². The van der Waals surface area contributed by atoms with Crippen molar-refractivity contribution in [2.24, 2.45) is 5.10 Å². The van der Waals surface area contributed by atoms with Crippen molar-refractivity contribution in [2.75, 3.05) is 6.61 Å². The fourth-order valence-electron chi connectivity index (χ4n) is 2.30. The van der Waals surface area contributed by atoms with E-state index in [2.05, 4.69) is 10.5 Å². The molecule has 0 aliphatic rings. The number of halogens is 2. The molecule has 0 bridgehead atoms. The third kappa shape index (κ3) is 4.14. The van der Waals surface area contributed by atoms with Crippen LogP contribution in [0.15, 0.2) is 65.8 Å². The molecule has 0 fully saturated rings. The van der Waals surface area contributed by atoms with Crippen LogP contribution in [-0.4, -0.2) is 18.7 Å². The molecule has 3 aromatic rings. The Morgan fingerprint density at radius 2 is 1.88 bits per heavy atom. The molecule has 0 spiro atoms. The zero-order valence-electron chi connectivity index (χ0n) is 13.1. The maximum absolute atomic E-state index is 13.6. The molecule has 0 heterocycles. The zero-order chi connectivity index (χ0) is 17.6. The van der Waals surface area contributed by atoms with Crippen LogP contribution in [0.4, 0.5) is 4.39 Å². The first-order valence-corrected chi connectivity index (χ1v) is 7.89. The summed E-state index contributed by atoms with van der Waals surface area (Å²) < 4.78 is 19.1. The van der Waals surface area contributed by atoms with E-state index in [9.17, 15) is 9.18 Å². The highest BCUT2D eigenvalue weighted by atomic mass is 35.5. The minimum absolute atomic E-state index is 0.111. The van der Waals surface area contributed by atoms with Crippen molar-refractivity contribution in [1.29, 1.82) is 0 Å². The molecule has 0 radical (unpaired) electrons. The first-order chi connectivity index (χ1) is 12.1. The second-order valence-electron chi connectivity index (χ2n) is 5.19. The lowest BCUT2D eigenvalue weighted by Gasteiger charge is -2.08. The summed E-state index contributed by atoms with van der Waals surface area (Å²) in [6, 6.07) is 17.6. The average Bonchev–Trinajstić information content (AvgIpc) is 2.62. The Bertz CT molecular complexity index is 918. The van der Waals surface area contributed by atoms with Crippen LogP contribution in [0, 0.1) is 5.82 Å². The number of carbonyl (C=O) groups is 1. The molecule has 0 aromatic heterocycles. The number of fused-ring (bicyclic) bond motifs is 1. The van der Waals surface area contributed by atoms with Gasteiger partial charge in [0.15, 0.2) is 6.61 Å². The van der Waals surface area contributed by atoms with Gasteiger partial charge in [0.25, 0.3) is 5.91 Å². The molecule has 0 saturated heterocycles. The van der Waals surface area contributed by atoms with Crippen LogP contribution in [-0.2, 0) is 4.79 Å². The number of benzene rings is 3. The van der Waals surface area contributed by atoms with Crippen molar-refractivity contribution in [3.8, 4) is 5.75 Å². The molecule has 3 aromatic carbocycles. The summed E-state index contributed by atoms with van der Waals surface area (Å²) in [4.78, 5) is 11.8. The van der Waals surface area contributed by atoms with Crippen molar-refractivity contribution in [2.45, 2.75) is 0 Å². The second kappa shape index (κ2) is 7.77. The van der Waals surface area contributed by atoms with E-state index < -0.39 is 11.7 Å². The molecule has 1 N–H and O–H groups in total. The fourth-order valence-corrected chi connectivity index (χ4v) is 2.51. The Morgan fingerprint density at radius 1 is 1.12 bits per heavy atom. The second-order valence-corrected chi connectivity index (χ2v) is 5.60. The lowest BCUT2D eigenvalue weighted by molar-refractivity contribution is -0.123. The fraction of sp³-hybridized carbons (Fsp3) is 0.0526. The largest absolute Gasteiger partial charge is 0.483 e. The monoisotopic (exact) mass is 356 g/mol. The summed E-state index contributed by atoms with van der Waals surface area (Å²) in [5, 5.41) is 5.86. The van der Waals surface area contributed by atoms with Gasteiger partial charge in [-0.25, -0.2) is 9.82 Å². The van der Waals surface area contributed by atoms with Gasteiger partial charge < -0.3 is 4.74 Å². The van der Waals surface area contributed by atoms with E-state index in [1.165, 1.54) is 18.2 Å². The Kier molecular flexibility index (Phi) is 5.26. The van der Waals surface area contributed by atoms with Crippen molar-refractivity contribution >= 4 is 34.5 Å². The Hall–Kier alpha value is -2.92. The number of hydrogen-bond donors (Lipinski definition) is 1. The third-order valence-electron chi connectivity index (χ3n) is 3.49. The number of amides is 1. The highest BCUT2D eigenvalue weighted by Crippen LogP contribution is 2.24. The topological polar surface area (TPSA) is 50.7 Å². The molecular formula is C19H14ClFN2O2. The quantitative estimate of drug-likeness (QED) is 0.551. The zero-order valence-corrected chi connectivity index (χ0v) is 13.8. The number of hydrogen-bond acceptors (Lipinski definition) is 3. The lowest BCUT2D eigenvalue weighted by atomic mass is 10.1. The molecule has 3 rings (SSSR count). The van der Waals surface area contributed by atoms with E-state index in [1.54, 1.807) is 6.07 Å². The molecule has 1 amide bonds. The summed E-state index contributed by atoms with van der Waals surface area (Å²) in [7, 11) is 0. The maximum Gasteiger partial charge on any atom is 0.277 e. The van der Waals surface area contributed by atoms with Gasteiger partial charge in [-0.1, -0.05) is 54.1 Å². The number of nitrogens with one attached hydrogen (secondary N) is 1. The predicted octanol–water partition coefficient (Wildman–Crippen LogP) is 4.16. The van der Waals surface area contributed by atoms with Crippen LogP contribution in [0.5, 0.6) is 5.75 Å². The van der Waals surface area contributed by atoms with Crippen molar-refractivity contribution in [3.05, 3.63) is 77.1 Å². The SMILES string of the molecule is O=C(COc1cccc2ccccc12)N/N=C/c1c(F)cccc1Cl. The summed E-state index contributed by atoms with van der Waals surface area (Å²) in [5.74, 6) is -0.372. The standard InChI is InChI=1S/C19H14ClFN2O2/c20-16-8-4-9-17(21)15(16)11-22-23-19(24)12-25-18-10-3-6-13-5-1-2-7-14(13)18/h1-11H,12H2,(H,23,24)/b22-11+. The lowest BCUT2D eigenvalue weighted by Crippen LogP contribution is -2.24. The number of nitrogens with zero attached hydrogens (tertiary/aromatic N) is 1. The van der Waals surface area contributed by atoms with E-state index in [0.29, 0.717) is 5.75 Å². The molecule has 0 saturated carbocycles. The van der Waals surface area contributed by atoms with Crippen LogP contribution in [0.2, 0.25) is 5.02 Å². The van der Waals surface area contributed by atoms with Gasteiger partial charge in [-0.05, 0) is 23.6 Å². The van der Waals surface area contributed by atoms with Gasteiger partial charge in [0.2, 0.25) is 0 Å². The number of hydrazone groups is 1. The van der Waals surface area contributed by atoms with E-state index in [1.807, 2.05) is 36.4 Å². The van der Waals surface area contributed by atoms with Crippen molar-refractivity contribution in [1.82, 2.24) is 5.43 Å². The van der Waals surface area contributed by atoms with Gasteiger partial charge in [0.05, 0.1) is 11.2 Å². The van der Waals surface area contributed by atoms with E-state index in [0.717, 1.165) is 17.0 Å². The smallest absolute Gasteiger partial charge is 0.277 e. The molecule has 0 unspecified atom stereocenters. The van der Waals surface area contributed by atoms with E-state index >= 15 is 0 Å². The van der Waals surface area contributed by atoms with Crippen molar-refractivity contribution < 1.29 is 13.9 Å². The van der Waals surface area contributed by atoms with Gasteiger partial charge in [-0.3, -0.25) is 4.79 Å². The first kappa shape index (κ1) is 16.9. The number of ether oxygens (including phenoxy) is 1. The molecule has 0 aliphatic heterocycles. The van der Waals surface area contributed by atoms with Crippen LogP contribution in [0.1, 0.15) is 5.56 Å². The minimum atomic E-state index is -0.516. The van der Waals surface area contributed by atoms with Crippen LogP contribution < -0.4 is 10.2 Å². The number of rotatable bonds is 5. The molecule has 4 nitrogen and oxygen atoms in total. The van der Waals surface area contributed by atoms with Gasteiger partial charge in [-0.15, -0.1) is 0 Å². The van der Waals surface area contributed by atoms with Crippen LogP contribution >= 0.6 is 11.6 Å². The molecule has 6 heteroatoms. The average molecular weight is 357 g/mol. The Morgan fingerprint density at radius 3 is 2.72 bits per heavy atom. The summed E-state index contributed by atoms with van der Waals surface area (Å²) >= 11 is 5.87. The normalized spacial score (nSPS) is 11.0. The van der Waals surface area contributed by atoms with E-state index in [4.69, 9.17) is 16.3 Å². The van der Waals surface area contributed by atoms with Gasteiger partial charge in [0.1, 0.15) is 11.6 Å². The third-order valence-corrected chi connectivity index (χ3v) is 3.82. The maximum atomic E-state index is 13.6. The molecule has 0 atom stereocenters. The predicted molar refractivity (Wildman–Crippen MR) is 96.6 cm³/mol. The summed E-state index contributed by atoms with van der Waals surface area (Å²) in [5.41, 5.74) is 2.39. The molecular weight excluding hydrogens is 343 g/mol. The Balaban J connectivity index is 1.61. The molecule has 25 heavy (non-hydrogen) atoms. The first-order valence-electron chi connectivity index (χ1n) is 7.51. The molecule has 126 valence electrons. The van der Waals surface area contributed by atoms with Gasteiger partial charge in [-0.2, -0.15) is 5.10 Å². The highest BCUT2D eigenvalue weighted by Gasteiger charge is 2.06. The molecule has 0 aliphatic carbocycles. The summed E-state index contributed by atoms with van der Waals surface area (Å²) in [6.07, 6.45) is 1.16. The number of carbonyl (C=O) groups excluding carboxylic acids is 1. The highest BCUT2D eigenvalue weighted by molar-refractivity contribution is 6.33.